The molecule has 2 nitrogen and oxygen atoms in total. The molecular weight excluding hydrogens is 322 g/mol. The molecule has 0 aliphatic rings. The van der Waals surface area contributed by atoms with Crippen LogP contribution in [0.2, 0.25) is 0 Å². The molecule has 1 amide bonds. The number of halogens is 2. The first-order chi connectivity index (χ1) is 7.02. The van der Waals surface area contributed by atoms with Crippen LogP contribution in [-0.2, 0) is 4.79 Å². The van der Waals surface area contributed by atoms with Crippen LogP contribution in [0.4, 0.5) is 0 Å². The standard InChI is InChI=1S/C11H13Br2NO/c1-7(12)11(15)14-8(2)9-5-3-4-6-10(9)13/h3-8H,1-2H3,(H,14,15)/t7?,8-/m0/s1. The van der Waals surface area contributed by atoms with Gasteiger partial charge < -0.3 is 5.32 Å². The molecule has 1 rings (SSSR count). The summed E-state index contributed by atoms with van der Waals surface area (Å²) in [5, 5.41) is 2.92. The van der Waals surface area contributed by atoms with E-state index in [1.807, 2.05) is 38.1 Å². The van der Waals surface area contributed by atoms with E-state index >= 15 is 0 Å². The molecule has 82 valence electrons. The predicted molar refractivity (Wildman–Crippen MR) is 69.1 cm³/mol. The van der Waals surface area contributed by atoms with Crippen LogP contribution in [0.3, 0.4) is 0 Å². The molecular formula is C11H13Br2NO. The van der Waals surface area contributed by atoms with Crippen LogP contribution in [0, 0.1) is 0 Å². The number of benzene rings is 1. The minimum absolute atomic E-state index is 0.00162. The maximum atomic E-state index is 11.5. The first kappa shape index (κ1) is 12.7. The van der Waals surface area contributed by atoms with E-state index in [1.165, 1.54) is 0 Å². The summed E-state index contributed by atoms with van der Waals surface area (Å²) < 4.78 is 1.01. The zero-order valence-corrected chi connectivity index (χ0v) is 11.8. The van der Waals surface area contributed by atoms with E-state index in [1.54, 1.807) is 0 Å². The summed E-state index contributed by atoms with van der Waals surface area (Å²) in [7, 11) is 0. The average Bonchev–Trinajstić information content (AvgIpc) is 2.18. The molecule has 0 aliphatic carbocycles. The molecule has 4 heteroatoms. The van der Waals surface area contributed by atoms with Gasteiger partial charge in [-0.2, -0.15) is 0 Å². The summed E-state index contributed by atoms with van der Waals surface area (Å²) >= 11 is 6.70. The molecule has 0 fully saturated rings. The highest BCUT2D eigenvalue weighted by Gasteiger charge is 2.14. The number of alkyl halides is 1. The largest absolute Gasteiger partial charge is 0.349 e. The van der Waals surface area contributed by atoms with Gasteiger partial charge in [-0.1, -0.05) is 50.1 Å². The molecule has 1 aromatic carbocycles. The number of hydrogen-bond acceptors (Lipinski definition) is 1. The molecule has 0 spiro atoms. The van der Waals surface area contributed by atoms with Crippen molar-refractivity contribution in [3.63, 3.8) is 0 Å². The van der Waals surface area contributed by atoms with Crippen molar-refractivity contribution in [2.75, 3.05) is 0 Å². The molecule has 0 saturated carbocycles. The van der Waals surface area contributed by atoms with E-state index in [4.69, 9.17) is 0 Å². The molecule has 1 aromatic rings. The zero-order chi connectivity index (χ0) is 11.4. The van der Waals surface area contributed by atoms with Crippen LogP contribution in [0.25, 0.3) is 0 Å². The second-order valence-electron chi connectivity index (χ2n) is 3.37. The monoisotopic (exact) mass is 333 g/mol. The lowest BCUT2D eigenvalue weighted by Gasteiger charge is -2.16. The summed E-state index contributed by atoms with van der Waals surface area (Å²) in [4.78, 5) is 11.3. The third kappa shape index (κ3) is 3.61. The number of carbonyl (C=O) groups is 1. The summed E-state index contributed by atoms with van der Waals surface area (Å²) in [6.07, 6.45) is 0. The highest BCUT2D eigenvalue weighted by Crippen LogP contribution is 2.22. The average molecular weight is 335 g/mol. The van der Waals surface area contributed by atoms with Gasteiger partial charge in [0.15, 0.2) is 0 Å². The van der Waals surface area contributed by atoms with Gasteiger partial charge in [-0.05, 0) is 25.5 Å². The van der Waals surface area contributed by atoms with Crippen LogP contribution in [0.15, 0.2) is 28.7 Å². The van der Waals surface area contributed by atoms with Gasteiger partial charge in [-0.25, -0.2) is 0 Å². The topological polar surface area (TPSA) is 29.1 Å². The van der Waals surface area contributed by atoms with Gasteiger partial charge in [0.2, 0.25) is 5.91 Å². The minimum Gasteiger partial charge on any atom is -0.349 e. The second-order valence-corrected chi connectivity index (χ2v) is 5.60. The summed E-state index contributed by atoms with van der Waals surface area (Å²) in [5.74, 6) is -0.00162. The highest BCUT2D eigenvalue weighted by molar-refractivity contribution is 9.10. The van der Waals surface area contributed by atoms with Gasteiger partial charge in [-0.15, -0.1) is 0 Å². The molecule has 2 atom stereocenters. The van der Waals surface area contributed by atoms with Gasteiger partial charge in [0.1, 0.15) is 0 Å². The number of carbonyl (C=O) groups excluding carboxylic acids is 1. The molecule has 0 bridgehead atoms. The molecule has 0 radical (unpaired) electrons. The van der Waals surface area contributed by atoms with Crippen molar-refractivity contribution < 1.29 is 4.79 Å². The fourth-order valence-electron chi connectivity index (χ4n) is 1.23. The fourth-order valence-corrected chi connectivity index (χ4v) is 1.99. The lowest BCUT2D eigenvalue weighted by Crippen LogP contribution is -2.31. The van der Waals surface area contributed by atoms with E-state index in [9.17, 15) is 4.79 Å². The Morgan fingerprint density at radius 1 is 1.33 bits per heavy atom. The first-order valence-electron chi connectivity index (χ1n) is 4.71. The molecule has 0 saturated heterocycles. The maximum absolute atomic E-state index is 11.5. The van der Waals surface area contributed by atoms with Crippen molar-refractivity contribution in [2.24, 2.45) is 0 Å². The first-order valence-corrected chi connectivity index (χ1v) is 6.42. The smallest absolute Gasteiger partial charge is 0.233 e. The van der Waals surface area contributed by atoms with Gasteiger partial charge in [0.25, 0.3) is 0 Å². The molecule has 0 aromatic heterocycles. The van der Waals surface area contributed by atoms with E-state index in [-0.39, 0.29) is 16.8 Å². The van der Waals surface area contributed by atoms with Crippen molar-refractivity contribution in [1.82, 2.24) is 5.32 Å². The molecule has 1 N–H and O–H groups in total. The zero-order valence-electron chi connectivity index (χ0n) is 8.63. The van der Waals surface area contributed by atoms with E-state index in [2.05, 4.69) is 37.2 Å². The van der Waals surface area contributed by atoms with Gasteiger partial charge >= 0.3 is 0 Å². The Bertz CT molecular complexity index is 352. The van der Waals surface area contributed by atoms with Gasteiger partial charge in [0, 0.05) is 4.47 Å². The summed E-state index contributed by atoms with van der Waals surface area (Å²) in [5.41, 5.74) is 1.08. The van der Waals surface area contributed by atoms with Crippen molar-refractivity contribution in [3.05, 3.63) is 34.3 Å². The highest BCUT2D eigenvalue weighted by atomic mass is 79.9. The number of amides is 1. The lowest BCUT2D eigenvalue weighted by atomic mass is 10.1. The van der Waals surface area contributed by atoms with Crippen LogP contribution in [0.1, 0.15) is 25.5 Å². The Balaban J connectivity index is 2.73. The fraction of sp³-hybridized carbons (Fsp3) is 0.364. The Morgan fingerprint density at radius 2 is 1.93 bits per heavy atom. The van der Waals surface area contributed by atoms with Crippen LogP contribution in [0.5, 0.6) is 0 Å². The quantitative estimate of drug-likeness (QED) is 0.843. The van der Waals surface area contributed by atoms with Crippen LogP contribution < -0.4 is 5.32 Å². The third-order valence-corrected chi connectivity index (χ3v) is 3.23. The minimum atomic E-state index is -0.164. The van der Waals surface area contributed by atoms with Crippen molar-refractivity contribution in [3.8, 4) is 0 Å². The molecule has 15 heavy (non-hydrogen) atoms. The van der Waals surface area contributed by atoms with Gasteiger partial charge in [0.05, 0.1) is 10.9 Å². The van der Waals surface area contributed by atoms with Crippen LogP contribution in [-0.4, -0.2) is 10.7 Å². The molecule has 1 unspecified atom stereocenters. The van der Waals surface area contributed by atoms with Crippen LogP contribution >= 0.6 is 31.9 Å². The van der Waals surface area contributed by atoms with Crippen molar-refractivity contribution in [2.45, 2.75) is 24.7 Å². The third-order valence-electron chi connectivity index (χ3n) is 2.09. The predicted octanol–water partition coefficient (Wildman–Crippen LogP) is 3.41. The molecule has 0 heterocycles. The second kappa shape index (κ2) is 5.66. The Hall–Kier alpha value is -0.350. The number of hydrogen-bond donors (Lipinski definition) is 1. The Morgan fingerprint density at radius 3 is 2.47 bits per heavy atom. The number of nitrogens with one attached hydrogen (secondary N) is 1. The lowest BCUT2D eigenvalue weighted by molar-refractivity contribution is -0.120. The van der Waals surface area contributed by atoms with Crippen molar-refractivity contribution >= 4 is 37.8 Å². The van der Waals surface area contributed by atoms with E-state index in [0.717, 1.165) is 10.0 Å². The van der Waals surface area contributed by atoms with Gasteiger partial charge in [-0.3, -0.25) is 4.79 Å². The Kier molecular flexibility index (Phi) is 4.80. The SMILES string of the molecule is CC(Br)C(=O)N[C@@H](C)c1ccccc1Br. The maximum Gasteiger partial charge on any atom is 0.233 e. The number of rotatable bonds is 3. The summed E-state index contributed by atoms with van der Waals surface area (Å²) in [6, 6.07) is 7.88. The summed E-state index contributed by atoms with van der Waals surface area (Å²) in [6.45, 7) is 3.77. The van der Waals surface area contributed by atoms with E-state index < -0.39 is 0 Å². The normalized spacial score (nSPS) is 14.4. The van der Waals surface area contributed by atoms with Crippen molar-refractivity contribution in [1.29, 1.82) is 0 Å². The van der Waals surface area contributed by atoms with E-state index in [0.29, 0.717) is 0 Å². The Labute approximate surface area is 107 Å². The molecule has 0 aliphatic heterocycles.